The summed E-state index contributed by atoms with van der Waals surface area (Å²) in [6.45, 7) is 9.65. The molecule has 0 rings (SSSR count). The van der Waals surface area contributed by atoms with E-state index in [0.29, 0.717) is 12.6 Å². The van der Waals surface area contributed by atoms with E-state index >= 15 is 0 Å². The van der Waals surface area contributed by atoms with Crippen LogP contribution in [0.1, 0.15) is 104 Å². The largest absolute Gasteiger partial charge is 0.396 e. The Morgan fingerprint density at radius 3 is 1.57 bits per heavy atom. The molecule has 3 heteroatoms. The molecule has 0 bridgehead atoms. The lowest BCUT2D eigenvalue weighted by atomic mass is 10.0. The molecule has 2 nitrogen and oxygen atoms in total. The maximum atomic E-state index is 9.43. The second-order valence-electron chi connectivity index (χ2n) is 6.82. The van der Waals surface area contributed by atoms with Gasteiger partial charge in [0.1, 0.15) is 0 Å². The van der Waals surface area contributed by atoms with Gasteiger partial charge in [-0.05, 0) is 38.8 Å². The first-order chi connectivity index (χ1) is 10.8. The lowest BCUT2D eigenvalue weighted by Gasteiger charge is -2.32. The fourth-order valence-corrected chi connectivity index (χ4v) is 3.25. The maximum Gasteiger partial charge on any atom is 0.0445 e. The van der Waals surface area contributed by atoms with Crippen LogP contribution in [-0.4, -0.2) is 35.7 Å². The number of hydrogen-bond acceptors (Lipinski definition) is 2. The van der Waals surface area contributed by atoms with Crippen LogP contribution in [0, 0.1) is 0 Å². The summed E-state index contributed by atoms with van der Waals surface area (Å²) in [6, 6.07) is 0.611. The van der Waals surface area contributed by atoms with Crippen molar-refractivity contribution in [2.24, 2.45) is 0 Å². The van der Waals surface area contributed by atoms with Gasteiger partial charge in [-0.15, -0.1) is 24.0 Å². The van der Waals surface area contributed by atoms with E-state index in [0.717, 1.165) is 6.42 Å². The molecule has 0 heterocycles. The van der Waals surface area contributed by atoms with E-state index in [1.807, 2.05) is 0 Å². The van der Waals surface area contributed by atoms with Crippen molar-refractivity contribution in [1.29, 1.82) is 0 Å². The third-order valence-corrected chi connectivity index (χ3v) is 4.72. The number of aliphatic hydroxyl groups is 1. The van der Waals surface area contributed by atoms with Crippen LogP contribution in [0.25, 0.3) is 0 Å². The van der Waals surface area contributed by atoms with Gasteiger partial charge in [0.2, 0.25) is 0 Å². The monoisotopic (exact) mass is 441 g/mol. The normalized spacial score (nSPS) is 12.4. The molecular formula is C20H44INO. The van der Waals surface area contributed by atoms with Crippen molar-refractivity contribution >= 4 is 24.0 Å². The molecule has 0 aliphatic carbocycles. The number of unbranched alkanes of at least 4 members (excludes halogenated alkanes) is 8. The van der Waals surface area contributed by atoms with Gasteiger partial charge in [-0.3, -0.25) is 0 Å². The van der Waals surface area contributed by atoms with Crippen LogP contribution in [0.15, 0.2) is 0 Å². The SMILES string of the molecule is CCCCCCN(CCCCCC)C(CCO)CCCCC.I. The third-order valence-electron chi connectivity index (χ3n) is 4.72. The molecule has 0 fully saturated rings. The van der Waals surface area contributed by atoms with Gasteiger partial charge in [0.15, 0.2) is 0 Å². The average molecular weight is 441 g/mol. The van der Waals surface area contributed by atoms with Crippen LogP contribution < -0.4 is 0 Å². The Kier molecular flexibility index (Phi) is 23.3. The predicted octanol–water partition coefficient (Wildman–Crippen LogP) is 6.40. The van der Waals surface area contributed by atoms with Crippen LogP contribution in [0.2, 0.25) is 0 Å². The Labute approximate surface area is 163 Å². The highest BCUT2D eigenvalue weighted by Gasteiger charge is 2.17. The van der Waals surface area contributed by atoms with Gasteiger partial charge < -0.3 is 10.0 Å². The third kappa shape index (κ3) is 15.9. The molecule has 0 spiro atoms. The molecule has 23 heavy (non-hydrogen) atoms. The fourth-order valence-electron chi connectivity index (χ4n) is 3.25. The van der Waals surface area contributed by atoms with Crippen molar-refractivity contribution < 1.29 is 5.11 Å². The molecule has 0 saturated carbocycles. The van der Waals surface area contributed by atoms with Gasteiger partial charge in [-0.2, -0.15) is 0 Å². The zero-order valence-electron chi connectivity index (χ0n) is 16.2. The molecule has 0 radical (unpaired) electrons. The molecule has 0 saturated heterocycles. The lowest BCUT2D eigenvalue weighted by Crippen LogP contribution is -2.37. The molecule has 0 aromatic carbocycles. The number of rotatable bonds is 17. The van der Waals surface area contributed by atoms with E-state index in [1.165, 1.54) is 90.1 Å². The first-order valence-electron chi connectivity index (χ1n) is 10.1. The Morgan fingerprint density at radius 2 is 1.13 bits per heavy atom. The summed E-state index contributed by atoms with van der Waals surface area (Å²) >= 11 is 0. The van der Waals surface area contributed by atoms with Gasteiger partial charge >= 0.3 is 0 Å². The number of hydrogen-bond donors (Lipinski definition) is 1. The van der Waals surface area contributed by atoms with Crippen molar-refractivity contribution in [3.63, 3.8) is 0 Å². The zero-order valence-corrected chi connectivity index (χ0v) is 18.5. The van der Waals surface area contributed by atoms with E-state index in [1.54, 1.807) is 0 Å². The quantitative estimate of drug-likeness (QED) is 0.209. The second-order valence-corrected chi connectivity index (χ2v) is 6.82. The molecule has 0 aromatic heterocycles. The Morgan fingerprint density at radius 1 is 0.652 bits per heavy atom. The first-order valence-corrected chi connectivity index (χ1v) is 10.1. The van der Waals surface area contributed by atoms with Crippen LogP contribution in [0.5, 0.6) is 0 Å². The van der Waals surface area contributed by atoms with E-state index in [2.05, 4.69) is 25.7 Å². The minimum absolute atomic E-state index is 0. The predicted molar refractivity (Wildman–Crippen MR) is 115 cm³/mol. The van der Waals surface area contributed by atoms with Gasteiger partial charge in [0.25, 0.3) is 0 Å². The Balaban J connectivity index is 0. The topological polar surface area (TPSA) is 23.5 Å². The minimum atomic E-state index is 0. The highest BCUT2D eigenvalue weighted by molar-refractivity contribution is 14.0. The molecule has 0 aliphatic heterocycles. The van der Waals surface area contributed by atoms with E-state index in [4.69, 9.17) is 0 Å². The van der Waals surface area contributed by atoms with Gasteiger partial charge in [-0.1, -0.05) is 78.6 Å². The molecule has 1 unspecified atom stereocenters. The summed E-state index contributed by atoms with van der Waals surface area (Å²) in [6.07, 6.45) is 16.9. The first kappa shape index (κ1) is 25.9. The number of nitrogens with zero attached hydrogens (tertiary/aromatic N) is 1. The van der Waals surface area contributed by atoms with Crippen LogP contribution in [0.3, 0.4) is 0 Å². The van der Waals surface area contributed by atoms with E-state index < -0.39 is 0 Å². The molecule has 1 N–H and O–H groups in total. The van der Waals surface area contributed by atoms with Crippen molar-refractivity contribution in [3.05, 3.63) is 0 Å². The van der Waals surface area contributed by atoms with E-state index in [-0.39, 0.29) is 24.0 Å². The second kappa shape index (κ2) is 20.7. The van der Waals surface area contributed by atoms with Crippen molar-refractivity contribution in [2.75, 3.05) is 19.7 Å². The lowest BCUT2D eigenvalue weighted by molar-refractivity contribution is 0.141. The van der Waals surface area contributed by atoms with Crippen LogP contribution in [-0.2, 0) is 0 Å². The number of aliphatic hydroxyl groups excluding tert-OH is 1. The summed E-state index contributed by atoms with van der Waals surface area (Å²) in [5.74, 6) is 0. The molecule has 142 valence electrons. The van der Waals surface area contributed by atoms with Crippen molar-refractivity contribution in [1.82, 2.24) is 4.90 Å². The summed E-state index contributed by atoms with van der Waals surface area (Å²) < 4.78 is 0. The summed E-state index contributed by atoms with van der Waals surface area (Å²) in [4.78, 5) is 2.71. The highest BCUT2D eigenvalue weighted by atomic mass is 127. The number of halogens is 1. The molecule has 0 aliphatic rings. The van der Waals surface area contributed by atoms with Crippen molar-refractivity contribution in [2.45, 2.75) is 110 Å². The maximum absolute atomic E-state index is 9.43. The minimum Gasteiger partial charge on any atom is -0.396 e. The van der Waals surface area contributed by atoms with E-state index in [9.17, 15) is 5.11 Å². The Bertz CT molecular complexity index is 202. The van der Waals surface area contributed by atoms with Gasteiger partial charge in [0, 0.05) is 12.6 Å². The summed E-state index contributed by atoms with van der Waals surface area (Å²) in [5, 5.41) is 9.43. The van der Waals surface area contributed by atoms with Gasteiger partial charge in [-0.25, -0.2) is 0 Å². The zero-order chi connectivity index (χ0) is 16.5. The van der Waals surface area contributed by atoms with Gasteiger partial charge in [0.05, 0.1) is 0 Å². The molecular weight excluding hydrogens is 397 g/mol. The Hall–Kier alpha value is 0.650. The molecule has 1 atom stereocenters. The standard InChI is InChI=1S/C20H43NO.HI/c1-4-7-10-13-17-21(18-14-11-8-5-2)20(16-19-22)15-12-9-6-3;/h20,22H,4-19H2,1-3H3;1H. The average Bonchev–Trinajstić information content (AvgIpc) is 2.53. The van der Waals surface area contributed by atoms with Crippen LogP contribution >= 0.6 is 24.0 Å². The molecule has 0 amide bonds. The molecule has 0 aromatic rings. The summed E-state index contributed by atoms with van der Waals surface area (Å²) in [5.41, 5.74) is 0. The summed E-state index contributed by atoms with van der Waals surface area (Å²) in [7, 11) is 0. The highest BCUT2D eigenvalue weighted by Crippen LogP contribution is 2.16. The fraction of sp³-hybridized carbons (Fsp3) is 1.00. The van der Waals surface area contributed by atoms with Crippen molar-refractivity contribution in [3.8, 4) is 0 Å². The smallest absolute Gasteiger partial charge is 0.0445 e. The van der Waals surface area contributed by atoms with Crippen LogP contribution in [0.4, 0.5) is 0 Å².